The van der Waals surface area contributed by atoms with Gasteiger partial charge in [-0.2, -0.15) is 0 Å². The normalized spacial score (nSPS) is 24.9. The van der Waals surface area contributed by atoms with E-state index in [1.807, 2.05) is 6.07 Å². The van der Waals surface area contributed by atoms with Gasteiger partial charge in [0, 0.05) is 12.1 Å². The van der Waals surface area contributed by atoms with Crippen molar-refractivity contribution >= 4 is 30.7 Å². The van der Waals surface area contributed by atoms with E-state index >= 15 is 0 Å². The predicted octanol–water partition coefficient (Wildman–Crippen LogP) is 2.96. The van der Waals surface area contributed by atoms with Gasteiger partial charge in [0.1, 0.15) is 5.76 Å². The average Bonchev–Trinajstić information content (AvgIpc) is 3.11. The summed E-state index contributed by atoms with van der Waals surface area (Å²) in [5.41, 5.74) is 5.88. The maximum atomic E-state index is 12.2. The number of furan rings is 1. The molecule has 24 heavy (non-hydrogen) atoms. The van der Waals surface area contributed by atoms with Crippen LogP contribution in [0.4, 0.5) is 0 Å². The molecule has 3 rings (SSSR count). The number of carbonyl (C=O) groups is 1. The van der Waals surface area contributed by atoms with Gasteiger partial charge in [0.25, 0.3) is 5.91 Å². The molecule has 3 N–H and O–H groups in total. The maximum Gasteiger partial charge on any atom is 0.287 e. The first-order chi connectivity index (χ1) is 10.6. The SMILES string of the molecule is CC1CCN(Cc2ccc(C(=O)N[C@@H]3CC[C@@H](N)C3)o2)CC1.Cl.Cl. The molecule has 2 fully saturated rings. The number of halogens is 2. The number of amides is 1. The summed E-state index contributed by atoms with van der Waals surface area (Å²) in [6.07, 6.45) is 5.31. The molecule has 7 heteroatoms. The second kappa shape index (κ2) is 9.66. The molecule has 1 aliphatic heterocycles. The lowest BCUT2D eigenvalue weighted by molar-refractivity contribution is 0.0904. The molecule has 0 bridgehead atoms. The van der Waals surface area contributed by atoms with E-state index in [-0.39, 0.29) is 42.8 Å². The summed E-state index contributed by atoms with van der Waals surface area (Å²) in [4.78, 5) is 14.6. The van der Waals surface area contributed by atoms with Crippen LogP contribution in [0.25, 0.3) is 0 Å². The molecule has 0 aromatic carbocycles. The molecular weight excluding hydrogens is 349 g/mol. The molecule has 0 unspecified atom stereocenters. The Morgan fingerprint density at radius 3 is 2.58 bits per heavy atom. The third kappa shape index (κ3) is 5.66. The minimum absolute atomic E-state index is 0. The van der Waals surface area contributed by atoms with Crippen LogP contribution in [0.2, 0.25) is 0 Å². The summed E-state index contributed by atoms with van der Waals surface area (Å²) in [5, 5.41) is 3.02. The monoisotopic (exact) mass is 377 g/mol. The number of piperidine rings is 1. The molecule has 2 atom stereocenters. The van der Waals surface area contributed by atoms with Crippen molar-refractivity contribution in [3.05, 3.63) is 23.7 Å². The van der Waals surface area contributed by atoms with E-state index in [9.17, 15) is 4.79 Å². The Morgan fingerprint density at radius 2 is 1.96 bits per heavy atom. The van der Waals surface area contributed by atoms with Crippen molar-refractivity contribution < 1.29 is 9.21 Å². The van der Waals surface area contributed by atoms with Gasteiger partial charge in [0.15, 0.2) is 5.76 Å². The molecule has 5 nitrogen and oxygen atoms in total. The highest BCUT2D eigenvalue weighted by Crippen LogP contribution is 2.20. The summed E-state index contributed by atoms with van der Waals surface area (Å²) in [6.45, 7) is 5.34. The lowest BCUT2D eigenvalue weighted by atomic mass is 9.99. The van der Waals surface area contributed by atoms with Crippen LogP contribution in [-0.2, 0) is 6.54 Å². The number of hydrogen-bond donors (Lipinski definition) is 2. The fourth-order valence-electron chi connectivity index (χ4n) is 3.43. The van der Waals surface area contributed by atoms with E-state index in [1.54, 1.807) is 6.07 Å². The van der Waals surface area contributed by atoms with Crippen LogP contribution in [0.1, 0.15) is 55.3 Å². The van der Waals surface area contributed by atoms with Crippen LogP contribution in [-0.4, -0.2) is 36.0 Å². The molecule has 1 saturated carbocycles. The Morgan fingerprint density at radius 1 is 1.25 bits per heavy atom. The minimum Gasteiger partial charge on any atom is -0.455 e. The Labute approximate surface area is 156 Å². The van der Waals surface area contributed by atoms with Gasteiger partial charge in [-0.25, -0.2) is 0 Å². The lowest BCUT2D eigenvalue weighted by Crippen LogP contribution is -2.34. The maximum absolute atomic E-state index is 12.2. The zero-order valence-corrected chi connectivity index (χ0v) is 15.8. The van der Waals surface area contributed by atoms with E-state index < -0.39 is 0 Å². The van der Waals surface area contributed by atoms with Crippen LogP contribution in [0.5, 0.6) is 0 Å². The number of carbonyl (C=O) groups excluding carboxylic acids is 1. The van der Waals surface area contributed by atoms with Crippen LogP contribution in [0.15, 0.2) is 16.5 Å². The molecule has 2 heterocycles. The van der Waals surface area contributed by atoms with Crippen molar-refractivity contribution in [1.29, 1.82) is 0 Å². The number of nitrogens with zero attached hydrogens (tertiary/aromatic N) is 1. The summed E-state index contributed by atoms with van der Waals surface area (Å²) in [5.74, 6) is 2.01. The quantitative estimate of drug-likeness (QED) is 0.845. The first-order valence-electron chi connectivity index (χ1n) is 8.47. The van der Waals surface area contributed by atoms with Crippen molar-refractivity contribution in [2.45, 2.75) is 57.7 Å². The van der Waals surface area contributed by atoms with E-state index in [1.165, 1.54) is 12.8 Å². The third-order valence-corrected chi connectivity index (χ3v) is 4.95. The Bertz CT molecular complexity index is 516. The summed E-state index contributed by atoms with van der Waals surface area (Å²) in [7, 11) is 0. The minimum atomic E-state index is -0.113. The van der Waals surface area contributed by atoms with Crippen molar-refractivity contribution in [3.8, 4) is 0 Å². The van der Waals surface area contributed by atoms with Gasteiger partial charge in [0.05, 0.1) is 6.54 Å². The number of nitrogens with two attached hydrogens (primary N) is 1. The van der Waals surface area contributed by atoms with Crippen molar-refractivity contribution in [3.63, 3.8) is 0 Å². The van der Waals surface area contributed by atoms with Crippen LogP contribution < -0.4 is 11.1 Å². The Kier molecular flexibility index (Phi) is 8.57. The molecule has 1 aromatic rings. The third-order valence-electron chi connectivity index (χ3n) is 4.95. The first kappa shape index (κ1) is 21.3. The number of rotatable bonds is 4. The van der Waals surface area contributed by atoms with E-state index in [0.29, 0.717) is 5.76 Å². The summed E-state index contributed by atoms with van der Waals surface area (Å²) in [6, 6.07) is 4.12. The van der Waals surface area contributed by atoms with Gasteiger partial charge in [-0.15, -0.1) is 24.8 Å². The van der Waals surface area contributed by atoms with Crippen molar-refractivity contribution in [2.24, 2.45) is 11.7 Å². The predicted molar refractivity (Wildman–Crippen MR) is 100.0 cm³/mol. The molecule has 2 aliphatic rings. The molecule has 138 valence electrons. The van der Waals surface area contributed by atoms with Gasteiger partial charge in [0.2, 0.25) is 0 Å². The zero-order valence-electron chi connectivity index (χ0n) is 14.2. The molecule has 1 aromatic heterocycles. The fraction of sp³-hybridized carbons (Fsp3) is 0.706. The highest BCUT2D eigenvalue weighted by molar-refractivity contribution is 5.91. The smallest absolute Gasteiger partial charge is 0.287 e. The highest BCUT2D eigenvalue weighted by Gasteiger charge is 2.25. The van der Waals surface area contributed by atoms with E-state index in [2.05, 4.69) is 17.1 Å². The topological polar surface area (TPSA) is 71.5 Å². The second-order valence-corrected chi connectivity index (χ2v) is 6.97. The van der Waals surface area contributed by atoms with Crippen LogP contribution >= 0.6 is 24.8 Å². The van der Waals surface area contributed by atoms with Crippen molar-refractivity contribution in [2.75, 3.05) is 13.1 Å². The second-order valence-electron chi connectivity index (χ2n) is 6.97. The average molecular weight is 378 g/mol. The number of hydrogen-bond acceptors (Lipinski definition) is 4. The standard InChI is InChI=1S/C17H27N3O2.2ClH/c1-12-6-8-20(9-7-12)11-15-4-5-16(22-15)17(21)19-14-3-2-13(18)10-14;;/h4-5,12-14H,2-3,6-11,18H2,1H3,(H,19,21);2*1H/t13-,14-;;/m1../s1. The molecular formula is C17H29Cl2N3O2. The van der Waals surface area contributed by atoms with Crippen LogP contribution in [0.3, 0.4) is 0 Å². The van der Waals surface area contributed by atoms with Crippen molar-refractivity contribution in [1.82, 2.24) is 10.2 Å². The van der Waals surface area contributed by atoms with E-state index in [0.717, 1.165) is 50.6 Å². The van der Waals surface area contributed by atoms with Gasteiger partial charge in [-0.05, 0) is 63.2 Å². The van der Waals surface area contributed by atoms with E-state index in [4.69, 9.17) is 10.2 Å². The summed E-state index contributed by atoms with van der Waals surface area (Å²) < 4.78 is 5.73. The van der Waals surface area contributed by atoms with Gasteiger partial charge in [-0.1, -0.05) is 6.92 Å². The molecule has 0 radical (unpaired) electrons. The Hall–Kier alpha value is -0.750. The molecule has 0 spiro atoms. The Balaban J connectivity index is 0.00000144. The summed E-state index contributed by atoms with van der Waals surface area (Å²) >= 11 is 0. The van der Waals surface area contributed by atoms with Gasteiger partial charge in [-0.3, -0.25) is 9.69 Å². The zero-order chi connectivity index (χ0) is 15.5. The van der Waals surface area contributed by atoms with Gasteiger partial charge >= 0.3 is 0 Å². The van der Waals surface area contributed by atoms with Gasteiger partial charge < -0.3 is 15.5 Å². The number of nitrogens with one attached hydrogen (secondary N) is 1. The highest BCUT2D eigenvalue weighted by atomic mass is 35.5. The van der Waals surface area contributed by atoms with Crippen LogP contribution in [0, 0.1) is 5.92 Å². The number of likely N-dealkylation sites (tertiary alicyclic amines) is 1. The largest absolute Gasteiger partial charge is 0.455 e. The fourth-order valence-corrected chi connectivity index (χ4v) is 3.43. The lowest BCUT2D eigenvalue weighted by Gasteiger charge is -2.29. The molecule has 1 aliphatic carbocycles. The first-order valence-corrected chi connectivity index (χ1v) is 8.47. The molecule has 1 saturated heterocycles. The molecule has 1 amide bonds.